The van der Waals surface area contributed by atoms with Gasteiger partial charge in [0.05, 0.1) is 0 Å². The van der Waals surface area contributed by atoms with E-state index in [0.717, 1.165) is 5.70 Å². The fraction of sp³-hybridized carbons (Fsp3) is 0.429. The van der Waals surface area contributed by atoms with Crippen LogP contribution in [0.4, 0.5) is 0 Å². The zero-order valence-corrected chi connectivity index (χ0v) is 12.1. The van der Waals surface area contributed by atoms with E-state index >= 15 is 0 Å². The average molecular weight is 252 g/mol. The largest absolute Gasteiger partial charge is 0.371 e. The Morgan fingerprint density at radius 1 is 1.12 bits per heavy atom. The quantitative estimate of drug-likeness (QED) is 0.839. The summed E-state index contributed by atoms with van der Waals surface area (Å²) in [6.45, 7) is 8.59. The summed E-state index contributed by atoms with van der Waals surface area (Å²) < 4.78 is 0. The second-order valence-electron chi connectivity index (χ2n) is 2.92. The van der Waals surface area contributed by atoms with Gasteiger partial charge in [-0.05, 0) is 11.0 Å². The first kappa shape index (κ1) is 16.1. The van der Waals surface area contributed by atoms with Gasteiger partial charge in [-0.15, -0.1) is 11.8 Å². The lowest BCUT2D eigenvalue weighted by molar-refractivity contribution is 0.788. The Balaban J connectivity index is 0.000000581. The van der Waals surface area contributed by atoms with Crippen molar-refractivity contribution in [2.45, 2.75) is 33.1 Å². The molecule has 1 aromatic carbocycles. The molecule has 0 bridgehead atoms. The minimum atomic E-state index is 0.347. The Morgan fingerprint density at radius 2 is 1.71 bits per heavy atom. The molecule has 2 nitrogen and oxygen atoms in total. The van der Waals surface area contributed by atoms with Crippen LogP contribution in [-0.2, 0) is 0 Å². The summed E-state index contributed by atoms with van der Waals surface area (Å²) in [5.41, 5.74) is 7.95. The molecule has 0 radical (unpaired) electrons. The number of thioether (sulfide) groups is 1. The normalized spacial score (nSPS) is 16.8. The first-order valence-corrected chi connectivity index (χ1v) is 7.20. The summed E-state index contributed by atoms with van der Waals surface area (Å²) in [7, 11) is 0. The van der Waals surface area contributed by atoms with Crippen molar-refractivity contribution < 1.29 is 0 Å². The van der Waals surface area contributed by atoms with Crippen LogP contribution in [0.3, 0.4) is 0 Å². The zero-order chi connectivity index (χ0) is 13.1. The maximum Gasteiger partial charge on any atom is 0.102 e. The lowest BCUT2D eigenvalue weighted by Gasteiger charge is -2.11. The highest BCUT2D eigenvalue weighted by Crippen LogP contribution is 2.33. The summed E-state index contributed by atoms with van der Waals surface area (Å²) >= 11 is 1.78. The maximum absolute atomic E-state index is 5.53. The number of nitrogens with one attached hydrogen (secondary N) is 1. The molecule has 3 N–H and O–H groups in total. The Morgan fingerprint density at radius 3 is 2.18 bits per heavy atom. The van der Waals surface area contributed by atoms with Crippen LogP contribution < -0.4 is 11.1 Å². The molecule has 1 atom stereocenters. The Hall–Kier alpha value is -0.930. The van der Waals surface area contributed by atoms with Crippen molar-refractivity contribution in [2.75, 3.05) is 6.54 Å². The van der Waals surface area contributed by atoms with Crippen LogP contribution >= 0.6 is 11.8 Å². The van der Waals surface area contributed by atoms with Gasteiger partial charge in [0, 0.05) is 12.2 Å². The molecule has 0 aromatic heterocycles. The molecule has 0 saturated carbocycles. The summed E-state index contributed by atoms with van der Waals surface area (Å²) in [4.78, 5) is 0. The molecule has 17 heavy (non-hydrogen) atoms. The molecular weight excluding hydrogens is 228 g/mol. The van der Waals surface area contributed by atoms with Gasteiger partial charge in [-0.1, -0.05) is 58.0 Å². The fourth-order valence-electron chi connectivity index (χ4n) is 1.28. The summed E-state index contributed by atoms with van der Waals surface area (Å²) in [5, 5.41) is 5.80. The van der Waals surface area contributed by atoms with E-state index in [4.69, 9.17) is 5.73 Å². The molecule has 0 saturated heterocycles. The van der Waals surface area contributed by atoms with Gasteiger partial charge in [-0.3, -0.25) is 0 Å². The third kappa shape index (κ3) is 5.29. The monoisotopic (exact) mass is 252 g/mol. The van der Waals surface area contributed by atoms with Crippen molar-refractivity contribution in [3.05, 3.63) is 47.0 Å². The highest BCUT2D eigenvalue weighted by molar-refractivity contribution is 8.02. The number of hydrogen-bond acceptors (Lipinski definition) is 3. The van der Waals surface area contributed by atoms with Crippen molar-refractivity contribution in [3.63, 3.8) is 0 Å². The number of nitrogens with two attached hydrogens (primary N) is 1. The molecule has 1 aliphatic rings. The number of rotatable bonds is 2. The van der Waals surface area contributed by atoms with Gasteiger partial charge in [0.1, 0.15) is 5.37 Å². The first-order valence-electron chi connectivity index (χ1n) is 6.26. The second-order valence-corrected chi connectivity index (χ2v) is 3.90. The second kappa shape index (κ2) is 10.2. The smallest absolute Gasteiger partial charge is 0.102 e. The molecule has 1 aromatic rings. The van der Waals surface area contributed by atoms with E-state index < -0.39 is 0 Å². The molecule has 1 aliphatic heterocycles. The van der Waals surface area contributed by atoms with Gasteiger partial charge in [0.15, 0.2) is 0 Å². The van der Waals surface area contributed by atoms with Crippen molar-refractivity contribution in [3.8, 4) is 0 Å². The van der Waals surface area contributed by atoms with E-state index in [-0.39, 0.29) is 0 Å². The van der Waals surface area contributed by atoms with Crippen LogP contribution in [0, 0.1) is 0 Å². The van der Waals surface area contributed by atoms with E-state index in [9.17, 15) is 0 Å². The van der Waals surface area contributed by atoms with Gasteiger partial charge in [0.2, 0.25) is 0 Å². The standard InChI is InChI=1S/C10H12N2S.2C2H6/c11-6-9-7-13-10(12-9)8-4-2-1-3-5-8;2*1-2/h1-5,7,10,12H,6,11H2;2*1-2H3. The van der Waals surface area contributed by atoms with Crippen molar-refractivity contribution >= 4 is 11.8 Å². The number of benzene rings is 1. The Bertz CT molecular complexity index is 309. The average Bonchev–Trinajstić information content (AvgIpc) is 2.93. The summed E-state index contributed by atoms with van der Waals surface area (Å²) in [5.74, 6) is 0. The van der Waals surface area contributed by atoms with Crippen LogP contribution in [0.2, 0.25) is 0 Å². The van der Waals surface area contributed by atoms with E-state index in [1.807, 2.05) is 33.8 Å². The van der Waals surface area contributed by atoms with E-state index in [1.54, 1.807) is 11.8 Å². The lowest BCUT2D eigenvalue weighted by Crippen LogP contribution is -2.18. The first-order chi connectivity index (χ1) is 8.40. The molecule has 0 spiro atoms. The van der Waals surface area contributed by atoms with Gasteiger partial charge in [-0.2, -0.15) is 0 Å². The molecule has 0 amide bonds. The molecule has 3 heteroatoms. The van der Waals surface area contributed by atoms with Crippen LogP contribution in [0.5, 0.6) is 0 Å². The molecule has 96 valence electrons. The van der Waals surface area contributed by atoms with E-state index in [0.29, 0.717) is 11.9 Å². The van der Waals surface area contributed by atoms with Gasteiger partial charge < -0.3 is 11.1 Å². The highest BCUT2D eigenvalue weighted by atomic mass is 32.2. The molecule has 2 rings (SSSR count). The maximum atomic E-state index is 5.53. The molecule has 1 heterocycles. The zero-order valence-electron chi connectivity index (χ0n) is 11.2. The van der Waals surface area contributed by atoms with Gasteiger partial charge in [-0.25, -0.2) is 0 Å². The Kier molecular flexibility index (Phi) is 9.68. The van der Waals surface area contributed by atoms with Crippen molar-refractivity contribution in [2.24, 2.45) is 5.73 Å². The fourth-order valence-corrected chi connectivity index (χ4v) is 2.28. The molecule has 0 fully saturated rings. The summed E-state index contributed by atoms with van der Waals surface area (Å²) in [6, 6.07) is 10.4. The third-order valence-corrected chi connectivity index (χ3v) is 3.07. The van der Waals surface area contributed by atoms with Crippen molar-refractivity contribution in [1.82, 2.24) is 5.32 Å². The van der Waals surface area contributed by atoms with Crippen LogP contribution in [0.15, 0.2) is 41.4 Å². The third-order valence-electron chi connectivity index (χ3n) is 1.99. The lowest BCUT2D eigenvalue weighted by atomic mass is 10.2. The van der Waals surface area contributed by atoms with Gasteiger partial charge >= 0.3 is 0 Å². The topological polar surface area (TPSA) is 38.0 Å². The SMILES string of the molecule is CC.CC.NCC1=CSC(c2ccccc2)N1. The van der Waals surface area contributed by atoms with Crippen LogP contribution in [0.25, 0.3) is 0 Å². The van der Waals surface area contributed by atoms with Gasteiger partial charge in [0.25, 0.3) is 0 Å². The minimum absolute atomic E-state index is 0.347. The van der Waals surface area contributed by atoms with Crippen LogP contribution in [-0.4, -0.2) is 6.54 Å². The van der Waals surface area contributed by atoms with Crippen LogP contribution in [0.1, 0.15) is 38.6 Å². The predicted octanol–water partition coefficient (Wildman–Crippen LogP) is 3.87. The minimum Gasteiger partial charge on any atom is -0.371 e. The molecular formula is C14H24N2S. The van der Waals surface area contributed by atoms with E-state index in [1.165, 1.54) is 5.56 Å². The highest BCUT2D eigenvalue weighted by Gasteiger charge is 2.16. The molecule has 0 aliphatic carbocycles. The number of hydrogen-bond donors (Lipinski definition) is 2. The van der Waals surface area contributed by atoms with E-state index in [2.05, 4.69) is 35.0 Å². The molecule has 1 unspecified atom stereocenters. The predicted molar refractivity (Wildman–Crippen MR) is 79.7 cm³/mol. The van der Waals surface area contributed by atoms with Crippen molar-refractivity contribution in [1.29, 1.82) is 0 Å². The summed E-state index contributed by atoms with van der Waals surface area (Å²) in [6.07, 6.45) is 0. The Labute approximate surface area is 110 Å².